The van der Waals surface area contributed by atoms with Crippen LogP contribution in [-0.4, -0.2) is 72.6 Å². The highest BCUT2D eigenvalue weighted by atomic mass is 32.2. The molecule has 0 spiro atoms. The highest BCUT2D eigenvalue weighted by Crippen LogP contribution is 2.22. The van der Waals surface area contributed by atoms with E-state index in [-0.39, 0.29) is 36.9 Å². The molecule has 12 heteroatoms. The molecule has 1 aliphatic rings. The van der Waals surface area contributed by atoms with Gasteiger partial charge in [-0.1, -0.05) is 56.7 Å². The van der Waals surface area contributed by atoms with E-state index in [0.29, 0.717) is 12.2 Å². The van der Waals surface area contributed by atoms with E-state index >= 15 is 0 Å². The number of rotatable bonds is 14. The van der Waals surface area contributed by atoms with Gasteiger partial charge in [0.25, 0.3) is 5.91 Å². The van der Waals surface area contributed by atoms with Gasteiger partial charge in [0.05, 0.1) is 30.1 Å². The van der Waals surface area contributed by atoms with Crippen molar-refractivity contribution >= 4 is 39.0 Å². The molecule has 1 aliphatic heterocycles. The Hall–Kier alpha value is -3.45. The van der Waals surface area contributed by atoms with Gasteiger partial charge in [0.15, 0.2) is 6.10 Å². The predicted molar refractivity (Wildman–Crippen MR) is 162 cm³/mol. The lowest BCUT2D eigenvalue weighted by molar-refractivity contribution is -0.129. The van der Waals surface area contributed by atoms with Crippen LogP contribution in [0, 0.1) is 5.92 Å². The lowest BCUT2D eigenvalue weighted by Crippen LogP contribution is -2.53. The van der Waals surface area contributed by atoms with Crippen LogP contribution in [0.5, 0.6) is 0 Å². The molecule has 2 aromatic carbocycles. The summed E-state index contributed by atoms with van der Waals surface area (Å²) < 4.78 is 34.0. The first kappa shape index (κ1) is 31.5. The van der Waals surface area contributed by atoms with Crippen LogP contribution < -0.4 is 11.1 Å². The number of aliphatic hydroxyl groups is 1. The Labute approximate surface area is 251 Å². The molecule has 2 heterocycles. The number of cyclic esters (lactones) is 1. The molecule has 3 aromatic rings. The normalized spacial score (nSPS) is 17.6. The number of nitrogens with one attached hydrogen (secondary N) is 1. The number of benzene rings is 2. The van der Waals surface area contributed by atoms with Gasteiger partial charge in [-0.25, -0.2) is 13.2 Å². The Balaban J connectivity index is 1.53. The van der Waals surface area contributed by atoms with Crippen molar-refractivity contribution in [1.29, 1.82) is 0 Å². The van der Waals surface area contributed by atoms with Crippen LogP contribution in [0.1, 0.15) is 30.7 Å². The van der Waals surface area contributed by atoms with E-state index in [1.807, 2.05) is 61.7 Å². The second-order valence-corrected chi connectivity index (χ2v) is 13.6. The molecule has 10 nitrogen and oxygen atoms in total. The van der Waals surface area contributed by atoms with E-state index in [1.54, 1.807) is 0 Å². The van der Waals surface area contributed by atoms with E-state index in [4.69, 9.17) is 10.5 Å². The summed E-state index contributed by atoms with van der Waals surface area (Å²) in [4.78, 5) is 28.3. The first-order valence-electron chi connectivity index (χ1n) is 13.9. The fourth-order valence-electron chi connectivity index (χ4n) is 4.66. The van der Waals surface area contributed by atoms with Crippen molar-refractivity contribution in [2.45, 2.75) is 56.4 Å². The molecule has 226 valence electrons. The molecule has 42 heavy (non-hydrogen) atoms. The van der Waals surface area contributed by atoms with Gasteiger partial charge in [0.2, 0.25) is 10.0 Å². The highest BCUT2D eigenvalue weighted by Gasteiger charge is 2.38. The molecule has 0 bridgehead atoms. The summed E-state index contributed by atoms with van der Waals surface area (Å²) in [5, 5.41) is 16.3. The van der Waals surface area contributed by atoms with Gasteiger partial charge in [-0.3, -0.25) is 9.69 Å². The summed E-state index contributed by atoms with van der Waals surface area (Å²) in [6.07, 6.45) is -1.92. The maximum atomic E-state index is 13.7. The second kappa shape index (κ2) is 14.1. The number of hydrogen-bond donors (Lipinski definition) is 3. The average Bonchev–Trinajstić information content (AvgIpc) is 3.62. The number of amides is 2. The summed E-state index contributed by atoms with van der Waals surface area (Å²) in [5.74, 6) is -0.526. The lowest BCUT2D eigenvalue weighted by Gasteiger charge is -2.31. The first-order chi connectivity index (χ1) is 20.1. The van der Waals surface area contributed by atoms with Crippen molar-refractivity contribution in [3.8, 4) is 0 Å². The molecule has 1 fully saturated rings. The van der Waals surface area contributed by atoms with Crippen molar-refractivity contribution in [3.63, 3.8) is 0 Å². The van der Waals surface area contributed by atoms with Crippen molar-refractivity contribution < 1.29 is 27.9 Å². The van der Waals surface area contributed by atoms with Gasteiger partial charge < -0.3 is 20.9 Å². The van der Waals surface area contributed by atoms with Crippen LogP contribution in [-0.2, 0) is 32.5 Å². The average molecular weight is 615 g/mol. The minimum absolute atomic E-state index is 0.0233. The Morgan fingerprint density at radius 2 is 1.86 bits per heavy atom. The van der Waals surface area contributed by atoms with Crippen LogP contribution >= 0.6 is 11.3 Å². The van der Waals surface area contributed by atoms with Gasteiger partial charge in [0.1, 0.15) is 0 Å². The summed E-state index contributed by atoms with van der Waals surface area (Å²) in [7, 11) is -3.98. The third kappa shape index (κ3) is 8.09. The van der Waals surface area contributed by atoms with E-state index in [1.165, 1.54) is 44.8 Å². The van der Waals surface area contributed by atoms with Gasteiger partial charge in [-0.15, -0.1) is 11.3 Å². The number of anilines is 1. The quantitative estimate of drug-likeness (QED) is 0.236. The van der Waals surface area contributed by atoms with Crippen LogP contribution in [0.4, 0.5) is 10.5 Å². The van der Waals surface area contributed by atoms with Crippen LogP contribution in [0.2, 0.25) is 0 Å². The number of sulfonamides is 1. The van der Waals surface area contributed by atoms with E-state index in [9.17, 15) is 23.1 Å². The Morgan fingerprint density at radius 1 is 1.14 bits per heavy atom. The Kier molecular flexibility index (Phi) is 10.6. The minimum atomic E-state index is -3.98. The molecule has 0 saturated carbocycles. The molecule has 1 saturated heterocycles. The third-order valence-electron chi connectivity index (χ3n) is 7.32. The summed E-state index contributed by atoms with van der Waals surface area (Å²) in [5.41, 5.74) is 7.05. The van der Waals surface area contributed by atoms with Gasteiger partial charge in [-0.05, 0) is 53.6 Å². The first-order valence-corrected chi connectivity index (χ1v) is 16.2. The monoisotopic (exact) mass is 614 g/mol. The number of ether oxygens (including phenoxy) is 1. The number of nitrogens with two attached hydrogens (primary N) is 1. The molecular formula is C30H38N4O6S2. The number of nitrogens with zero attached hydrogens (tertiary/aromatic N) is 2. The van der Waals surface area contributed by atoms with Crippen molar-refractivity contribution in [2.75, 3.05) is 25.4 Å². The SMILES string of the molecule is CC[C@@H](C)CN(CC(O)C(Cc1ccccc1)NC(=O)[C@@H]1CN(Cc2cccs2)C(=O)O1)S(=O)(=O)c1ccc(N)cc1. The molecule has 4 atom stereocenters. The standard InChI is InChI=1S/C30H38N4O6S2/c1-3-21(2)17-34(42(38,39)25-13-11-23(31)12-14-25)19-27(35)26(16-22-8-5-4-6-9-22)32-29(36)28-20-33(30(37)40-28)18-24-10-7-15-41-24/h4-15,21,26-28,35H,3,16-20,31H2,1-2H3,(H,32,36)/t21-,26?,27?,28+/m1/s1. The Morgan fingerprint density at radius 3 is 2.50 bits per heavy atom. The lowest BCUT2D eigenvalue weighted by atomic mass is 10.0. The second-order valence-electron chi connectivity index (χ2n) is 10.6. The third-order valence-corrected chi connectivity index (χ3v) is 10.0. The van der Waals surface area contributed by atoms with Crippen LogP contribution in [0.15, 0.2) is 77.0 Å². The van der Waals surface area contributed by atoms with E-state index in [2.05, 4.69) is 5.32 Å². The minimum Gasteiger partial charge on any atom is -0.434 e. The van der Waals surface area contributed by atoms with E-state index in [0.717, 1.165) is 16.9 Å². The summed E-state index contributed by atoms with van der Waals surface area (Å²) in [6.45, 7) is 4.26. The summed E-state index contributed by atoms with van der Waals surface area (Å²) >= 11 is 1.51. The molecule has 2 unspecified atom stereocenters. The number of nitrogen functional groups attached to an aromatic ring is 1. The number of hydrogen-bond acceptors (Lipinski definition) is 8. The Bertz CT molecular complexity index is 1420. The van der Waals surface area contributed by atoms with E-state index < -0.39 is 40.3 Å². The number of carbonyl (C=O) groups excluding carboxylic acids is 2. The zero-order chi connectivity index (χ0) is 30.3. The fraction of sp³-hybridized carbons (Fsp3) is 0.400. The topological polar surface area (TPSA) is 142 Å². The molecular weight excluding hydrogens is 576 g/mol. The van der Waals surface area contributed by atoms with Gasteiger partial charge >= 0.3 is 6.09 Å². The van der Waals surface area contributed by atoms with Gasteiger partial charge in [0, 0.05) is 23.7 Å². The highest BCUT2D eigenvalue weighted by molar-refractivity contribution is 7.89. The smallest absolute Gasteiger partial charge is 0.411 e. The molecule has 0 aliphatic carbocycles. The van der Waals surface area contributed by atoms with Gasteiger partial charge in [-0.2, -0.15) is 4.31 Å². The fourth-order valence-corrected chi connectivity index (χ4v) is 6.96. The number of thiophene rings is 1. The largest absolute Gasteiger partial charge is 0.434 e. The molecule has 4 N–H and O–H groups in total. The number of aliphatic hydroxyl groups excluding tert-OH is 1. The number of carbonyl (C=O) groups is 2. The van der Waals surface area contributed by atoms with Crippen molar-refractivity contribution in [2.24, 2.45) is 5.92 Å². The van der Waals surface area contributed by atoms with Crippen molar-refractivity contribution in [3.05, 3.63) is 82.6 Å². The molecule has 4 rings (SSSR count). The molecule has 1 aromatic heterocycles. The zero-order valence-corrected chi connectivity index (χ0v) is 25.4. The maximum absolute atomic E-state index is 13.7. The van der Waals surface area contributed by atoms with Crippen LogP contribution in [0.3, 0.4) is 0 Å². The van der Waals surface area contributed by atoms with Crippen LogP contribution in [0.25, 0.3) is 0 Å². The zero-order valence-electron chi connectivity index (χ0n) is 23.8. The molecule has 0 radical (unpaired) electrons. The molecule has 2 amide bonds. The predicted octanol–water partition coefficient (Wildman–Crippen LogP) is 3.48. The maximum Gasteiger partial charge on any atom is 0.411 e. The van der Waals surface area contributed by atoms with Crippen molar-refractivity contribution in [1.82, 2.24) is 14.5 Å². The summed E-state index contributed by atoms with van der Waals surface area (Å²) in [6, 6.07) is 18.2.